The molecule has 2 heterocycles. The molecule has 3 rings (SSSR count). The van der Waals surface area contributed by atoms with Crippen LogP contribution in [0.15, 0.2) is 24.3 Å². The van der Waals surface area contributed by atoms with Gasteiger partial charge in [0.05, 0.1) is 17.8 Å². The fraction of sp³-hybridized carbons (Fsp3) is 0.438. The third-order valence-electron chi connectivity index (χ3n) is 3.85. The molecular formula is C16H19N3O2. The molecule has 21 heavy (non-hydrogen) atoms. The number of nitrogens with zero attached hydrogens (tertiary/aromatic N) is 3. The lowest BCUT2D eigenvalue weighted by Gasteiger charge is -2.21. The standard InChI is InChI=1S/C16H19N3O2/c1-3-21-16(20)14-15(19-9-8-11(2)10-19)12-6-4-5-7-13(12)17-18-14/h4-7,11H,3,8-10H2,1-2H3. The number of rotatable bonds is 3. The van der Waals surface area contributed by atoms with Gasteiger partial charge in [-0.25, -0.2) is 4.79 Å². The third kappa shape index (κ3) is 2.55. The Balaban J connectivity index is 2.15. The van der Waals surface area contributed by atoms with Crippen molar-refractivity contribution in [2.75, 3.05) is 24.6 Å². The molecule has 1 aromatic carbocycles. The van der Waals surface area contributed by atoms with Gasteiger partial charge in [-0.1, -0.05) is 25.1 Å². The van der Waals surface area contributed by atoms with Gasteiger partial charge >= 0.3 is 5.97 Å². The largest absolute Gasteiger partial charge is 0.461 e. The van der Waals surface area contributed by atoms with E-state index in [0.29, 0.717) is 18.2 Å². The first-order valence-corrected chi connectivity index (χ1v) is 7.38. The van der Waals surface area contributed by atoms with Crippen LogP contribution in [0.3, 0.4) is 0 Å². The van der Waals surface area contributed by atoms with Crippen LogP contribution < -0.4 is 4.90 Å². The second-order valence-electron chi connectivity index (χ2n) is 5.47. The number of hydrogen-bond donors (Lipinski definition) is 0. The van der Waals surface area contributed by atoms with Crippen molar-refractivity contribution >= 4 is 22.6 Å². The number of ether oxygens (including phenoxy) is 1. The van der Waals surface area contributed by atoms with Gasteiger partial charge in [-0.15, -0.1) is 10.2 Å². The molecular weight excluding hydrogens is 266 g/mol. The molecule has 5 heteroatoms. The van der Waals surface area contributed by atoms with E-state index in [9.17, 15) is 4.79 Å². The highest BCUT2D eigenvalue weighted by Gasteiger charge is 2.27. The molecule has 1 aromatic heterocycles. The second-order valence-corrected chi connectivity index (χ2v) is 5.47. The number of carbonyl (C=O) groups excluding carboxylic acids is 1. The Morgan fingerprint density at radius 1 is 1.38 bits per heavy atom. The van der Waals surface area contributed by atoms with E-state index in [-0.39, 0.29) is 0 Å². The maximum atomic E-state index is 12.2. The Kier molecular flexibility index (Phi) is 3.73. The van der Waals surface area contributed by atoms with Gasteiger partial charge in [-0.2, -0.15) is 0 Å². The smallest absolute Gasteiger partial charge is 0.361 e. The lowest BCUT2D eigenvalue weighted by Crippen LogP contribution is -2.24. The van der Waals surface area contributed by atoms with E-state index in [1.807, 2.05) is 24.3 Å². The predicted octanol–water partition coefficient (Wildman–Crippen LogP) is 2.65. The number of aromatic nitrogens is 2. The number of benzene rings is 1. The molecule has 1 aliphatic heterocycles. The molecule has 110 valence electrons. The summed E-state index contributed by atoms with van der Waals surface area (Å²) in [6.45, 7) is 6.22. The van der Waals surface area contributed by atoms with Crippen LogP contribution in [0, 0.1) is 5.92 Å². The average Bonchev–Trinajstić information content (AvgIpc) is 2.92. The highest BCUT2D eigenvalue weighted by Crippen LogP contribution is 2.32. The molecule has 1 unspecified atom stereocenters. The quantitative estimate of drug-likeness (QED) is 0.811. The van der Waals surface area contributed by atoms with Crippen LogP contribution >= 0.6 is 0 Å². The summed E-state index contributed by atoms with van der Waals surface area (Å²) >= 11 is 0. The predicted molar refractivity (Wildman–Crippen MR) is 81.5 cm³/mol. The van der Waals surface area contributed by atoms with Crippen molar-refractivity contribution in [2.45, 2.75) is 20.3 Å². The molecule has 1 fully saturated rings. The summed E-state index contributed by atoms with van der Waals surface area (Å²) in [7, 11) is 0. The van der Waals surface area contributed by atoms with Crippen molar-refractivity contribution in [3.05, 3.63) is 30.0 Å². The summed E-state index contributed by atoms with van der Waals surface area (Å²) in [5.74, 6) is 0.220. The topological polar surface area (TPSA) is 55.3 Å². The Labute approximate surface area is 123 Å². The molecule has 5 nitrogen and oxygen atoms in total. The highest BCUT2D eigenvalue weighted by molar-refractivity contribution is 6.03. The monoisotopic (exact) mass is 285 g/mol. The second kappa shape index (κ2) is 5.68. The van der Waals surface area contributed by atoms with Crippen LogP contribution in [0.1, 0.15) is 30.8 Å². The fourth-order valence-electron chi connectivity index (χ4n) is 2.84. The summed E-state index contributed by atoms with van der Waals surface area (Å²) in [6.07, 6.45) is 1.12. The van der Waals surface area contributed by atoms with Gasteiger partial charge in [-0.3, -0.25) is 0 Å². The zero-order valence-electron chi connectivity index (χ0n) is 12.4. The maximum absolute atomic E-state index is 12.2. The van der Waals surface area contributed by atoms with Gasteiger partial charge in [0.25, 0.3) is 0 Å². The van der Waals surface area contributed by atoms with Crippen molar-refractivity contribution in [3.8, 4) is 0 Å². The molecule has 0 N–H and O–H groups in total. The number of carbonyl (C=O) groups is 1. The van der Waals surface area contributed by atoms with E-state index in [0.717, 1.165) is 36.1 Å². The number of anilines is 1. The van der Waals surface area contributed by atoms with Gasteiger partial charge in [0, 0.05) is 18.5 Å². The summed E-state index contributed by atoms with van der Waals surface area (Å²) in [4.78, 5) is 14.4. The fourth-order valence-corrected chi connectivity index (χ4v) is 2.84. The van der Waals surface area contributed by atoms with E-state index in [2.05, 4.69) is 22.0 Å². The van der Waals surface area contributed by atoms with Gasteiger partial charge in [0.1, 0.15) is 0 Å². The summed E-state index contributed by atoms with van der Waals surface area (Å²) in [5, 5.41) is 9.25. The number of fused-ring (bicyclic) bond motifs is 1. The van der Waals surface area contributed by atoms with Gasteiger partial charge in [-0.05, 0) is 25.3 Å². The molecule has 2 aromatic rings. The zero-order valence-corrected chi connectivity index (χ0v) is 12.4. The van der Waals surface area contributed by atoms with Gasteiger partial charge in [0.15, 0.2) is 5.69 Å². The zero-order chi connectivity index (χ0) is 14.8. The molecule has 1 aliphatic rings. The Morgan fingerprint density at radius 3 is 2.90 bits per heavy atom. The average molecular weight is 285 g/mol. The van der Waals surface area contributed by atoms with Crippen molar-refractivity contribution in [1.82, 2.24) is 10.2 Å². The van der Waals surface area contributed by atoms with Crippen LogP contribution in [0.5, 0.6) is 0 Å². The van der Waals surface area contributed by atoms with Gasteiger partial charge < -0.3 is 9.64 Å². The molecule has 0 spiro atoms. The van der Waals surface area contributed by atoms with Crippen LogP contribution in [0.25, 0.3) is 10.9 Å². The summed E-state index contributed by atoms with van der Waals surface area (Å²) in [5.41, 5.74) is 1.99. The van der Waals surface area contributed by atoms with Crippen LogP contribution in [-0.2, 0) is 4.74 Å². The first kappa shape index (κ1) is 13.8. The molecule has 0 bridgehead atoms. The number of hydrogen-bond acceptors (Lipinski definition) is 5. The lowest BCUT2D eigenvalue weighted by molar-refractivity contribution is 0.0519. The Hall–Kier alpha value is -2.17. The van der Waals surface area contributed by atoms with Crippen molar-refractivity contribution < 1.29 is 9.53 Å². The summed E-state index contributed by atoms with van der Waals surface area (Å²) in [6, 6.07) is 7.80. The van der Waals surface area contributed by atoms with E-state index in [1.165, 1.54) is 0 Å². The van der Waals surface area contributed by atoms with Crippen LogP contribution in [-0.4, -0.2) is 35.9 Å². The first-order valence-electron chi connectivity index (χ1n) is 7.38. The molecule has 0 radical (unpaired) electrons. The van der Waals surface area contributed by atoms with Crippen LogP contribution in [0.4, 0.5) is 5.69 Å². The van der Waals surface area contributed by atoms with Crippen molar-refractivity contribution in [2.24, 2.45) is 5.92 Å². The molecule has 1 atom stereocenters. The lowest BCUT2D eigenvalue weighted by atomic mass is 10.1. The van der Waals surface area contributed by atoms with Crippen molar-refractivity contribution in [1.29, 1.82) is 0 Å². The Bertz CT molecular complexity index is 672. The highest BCUT2D eigenvalue weighted by atomic mass is 16.5. The van der Waals surface area contributed by atoms with E-state index < -0.39 is 5.97 Å². The SMILES string of the molecule is CCOC(=O)c1nnc2ccccc2c1N1CCC(C)C1. The minimum atomic E-state index is -0.398. The maximum Gasteiger partial charge on any atom is 0.361 e. The molecule has 0 amide bonds. The van der Waals surface area contributed by atoms with Gasteiger partial charge in [0.2, 0.25) is 0 Å². The third-order valence-corrected chi connectivity index (χ3v) is 3.85. The molecule has 1 saturated heterocycles. The molecule has 0 saturated carbocycles. The Morgan fingerprint density at radius 2 is 2.19 bits per heavy atom. The van der Waals surface area contributed by atoms with E-state index in [1.54, 1.807) is 6.92 Å². The molecule has 0 aliphatic carbocycles. The first-order chi connectivity index (χ1) is 10.2. The van der Waals surface area contributed by atoms with E-state index in [4.69, 9.17) is 4.74 Å². The number of esters is 1. The minimum absolute atomic E-state index is 0.324. The van der Waals surface area contributed by atoms with Crippen molar-refractivity contribution in [3.63, 3.8) is 0 Å². The normalized spacial score (nSPS) is 18.2. The van der Waals surface area contributed by atoms with Crippen LogP contribution in [0.2, 0.25) is 0 Å². The minimum Gasteiger partial charge on any atom is -0.461 e. The summed E-state index contributed by atoms with van der Waals surface area (Å²) < 4.78 is 5.14. The van der Waals surface area contributed by atoms with E-state index >= 15 is 0 Å².